The van der Waals surface area contributed by atoms with E-state index in [1.165, 1.54) is 4.31 Å². The predicted molar refractivity (Wildman–Crippen MR) is 109 cm³/mol. The third-order valence-electron chi connectivity index (χ3n) is 4.59. The summed E-state index contributed by atoms with van der Waals surface area (Å²) in [6.45, 7) is 7.52. The SMILES string of the molecule is CCC[C@H](C)NC(=O)CN(c1cccc(C)c1C)S(=O)(=O)c1ccccc1. The molecule has 1 amide bonds. The summed E-state index contributed by atoms with van der Waals surface area (Å²) in [5.74, 6) is -0.309. The molecule has 0 radical (unpaired) electrons. The van der Waals surface area contributed by atoms with Crippen molar-refractivity contribution in [2.75, 3.05) is 10.8 Å². The maximum absolute atomic E-state index is 13.3. The van der Waals surface area contributed by atoms with Gasteiger partial charge in [-0.2, -0.15) is 0 Å². The van der Waals surface area contributed by atoms with Crippen molar-refractivity contribution in [1.82, 2.24) is 5.32 Å². The molecule has 0 bridgehead atoms. The van der Waals surface area contributed by atoms with Gasteiger partial charge in [0.05, 0.1) is 10.6 Å². The Morgan fingerprint density at radius 2 is 1.74 bits per heavy atom. The first-order valence-corrected chi connectivity index (χ1v) is 10.6. The van der Waals surface area contributed by atoms with Crippen LogP contribution in [0.4, 0.5) is 5.69 Å². The fourth-order valence-electron chi connectivity index (χ4n) is 2.98. The van der Waals surface area contributed by atoms with Crippen LogP contribution in [-0.4, -0.2) is 26.9 Å². The fraction of sp³-hybridized carbons (Fsp3) is 0.381. The largest absolute Gasteiger partial charge is 0.352 e. The lowest BCUT2D eigenvalue weighted by Crippen LogP contribution is -2.43. The van der Waals surface area contributed by atoms with E-state index < -0.39 is 10.0 Å². The van der Waals surface area contributed by atoms with Gasteiger partial charge in [0.1, 0.15) is 6.54 Å². The van der Waals surface area contributed by atoms with Gasteiger partial charge >= 0.3 is 0 Å². The van der Waals surface area contributed by atoms with Crippen molar-refractivity contribution in [3.63, 3.8) is 0 Å². The molecule has 2 aromatic rings. The molecule has 0 fully saturated rings. The van der Waals surface area contributed by atoms with Crippen molar-refractivity contribution < 1.29 is 13.2 Å². The van der Waals surface area contributed by atoms with E-state index in [9.17, 15) is 13.2 Å². The summed E-state index contributed by atoms with van der Waals surface area (Å²) in [6.07, 6.45) is 1.80. The zero-order valence-corrected chi connectivity index (χ0v) is 17.2. The molecular formula is C21H28N2O3S. The zero-order chi connectivity index (χ0) is 20.0. The van der Waals surface area contributed by atoms with E-state index in [4.69, 9.17) is 0 Å². The second-order valence-corrected chi connectivity index (χ2v) is 8.66. The molecule has 1 N–H and O–H groups in total. The third-order valence-corrected chi connectivity index (χ3v) is 6.37. The van der Waals surface area contributed by atoms with Crippen molar-refractivity contribution >= 4 is 21.6 Å². The number of hydrogen-bond donors (Lipinski definition) is 1. The molecule has 0 saturated carbocycles. The molecule has 0 aliphatic heterocycles. The second kappa shape index (κ2) is 9.04. The van der Waals surface area contributed by atoms with Crippen LogP contribution < -0.4 is 9.62 Å². The van der Waals surface area contributed by atoms with Crippen LogP contribution in [0.15, 0.2) is 53.4 Å². The first-order valence-electron chi connectivity index (χ1n) is 9.20. The number of aryl methyl sites for hydroxylation is 1. The summed E-state index contributed by atoms with van der Waals surface area (Å²) in [6, 6.07) is 13.7. The Morgan fingerprint density at radius 3 is 2.37 bits per heavy atom. The van der Waals surface area contributed by atoms with E-state index in [0.29, 0.717) is 5.69 Å². The van der Waals surface area contributed by atoms with Gasteiger partial charge in [-0.3, -0.25) is 9.10 Å². The molecule has 0 heterocycles. The normalized spacial score (nSPS) is 12.4. The molecule has 27 heavy (non-hydrogen) atoms. The molecular weight excluding hydrogens is 360 g/mol. The summed E-state index contributed by atoms with van der Waals surface area (Å²) in [5, 5.41) is 2.89. The first-order chi connectivity index (χ1) is 12.8. The minimum atomic E-state index is -3.86. The maximum Gasteiger partial charge on any atom is 0.264 e. The lowest BCUT2D eigenvalue weighted by molar-refractivity contribution is -0.120. The molecule has 0 aromatic heterocycles. The van der Waals surface area contributed by atoms with Gasteiger partial charge in [0.15, 0.2) is 0 Å². The number of amides is 1. The number of sulfonamides is 1. The molecule has 0 spiro atoms. The highest BCUT2D eigenvalue weighted by atomic mass is 32.2. The molecule has 1 atom stereocenters. The summed E-state index contributed by atoms with van der Waals surface area (Å²) in [5.41, 5.74) is 2.34. The van der Waals surface area contributed by atoms with E-state index >= 15 is 0 Å². The number of nitrogens with zero attached hydrogens (tertiary/aromatic N) is 1. The number of nitrogens with one attached hydrogen (secondary N) is 1. The maximum atomic E-state index is 13.3. The van der Waals surface area contributed by atoms with Crippen LogP contribution in [0.3, 0.4) is 0 Å². The zero-order valence-electron chi connectivity index (χ0n) is 16.4. The van der Waals surface area contributed by atoms with Crippen LogP contribution in [0.2, 0.25) is 0 Å². The minimum absolute atomic E-state index is 0.00221. The van der Waals surface area contributed by atoms with Crippen molar-refractivity contribution in [3.05, 3.63) is 59.7 Å². The molecule has 0 aliphatic carbocycles. The van der Waals surface area contributed by atoms with Gasteiger partial charge in [-0.05, 0) is 56.5 Å². The average molecular weight is 389 g/mol. The smallest absolute Gasteiger partial charge is 0.264 e. The topological polar surface area (TPSA) is 66.5 Å². The Bertz CT molecular complexity index is 880. The van der Waals surface area contributed by atoms with E-state index in [0.717, 1.165) is 24.0 Å². The number of anilines is 1. The van der Waals surface area contributed by atoms with Crippen molar-refractivity contribution in [2.24, 2.45) is 0 Å². The lowest BCUT2D eigenvalue weighted by atomic mass is 10.1. The molecule has 5 nitrogen and oxygen atoms in total. The Kier molecular flexibility index (Phi) is 7.02. The van der Waals surface area contributed by atoms with Gasteiger partial charge in [-0.25, -0.2) is 8.42 Å². The summed E-state index contributed by atoms with van der Waals surface area (Å²) >= 11 is 0. The third kappa shape index (κ3) is 5.10. The van der Waals surface area contributed by atoms with Crippen LogP contribution in [0.25, 0.3) is 0 Å². The van der Waals surface area contributed by atoms with Crippen molar-refractivity contribution in [2.45, 2.75) is 51.5 Å². The highest BCUT2D eigenvalue weighted by molar-refractivity contribution is 7.92. The van der Waals surface area contributed by atoms with E-state index in [1.54, 1.807) is 36.4 Å². The summed E-state index contributed by atoms with van der Waals surface area (Å²) in [4.78, 5) is 12.7. The van der Waals surface area contributed by atoms with Crippen LogP contribution in [-0.2, 0) is 14.8 Å². The molecule has 2 rings (SSSR count). The Morgan fingerprint density at radius 1 is 1.07 bits per heavy atom. The molecule has 0 aliphatic rings. The van der Waals surface area contributed by atoms with Gasteiger partial charge < -0.3 is 5.32 Å². The number of carbonyl (C=O) groups is 1. The summed E-state index contributed by atoms with van der Waals surface area (Å²) in [7, 11) is -3.86. The van der Waals surface area contributed by atoms with E-state index in [2.05, 4.69) is 5.32 Å². The standard InChI is InChI=1S/C21H28N2O3S/c1-5-10-17(3)22-21(24)15-23(20-14-9-11-16(2)18(20)4)27(25,26)19-12-7-6-8-13-19/h6-9,11-14,17H,5,10,15H2,1-4H3,(H,22,24)/t17-/m0/s1. The first kappa shape index (κ1) is 21.0. The number of carbonyl (C=O) groups excluding carboxylic acids is 1. The van der Waals surface area contributed by atoms with Crippen LogP contribution in [0.1, 0.15) is 37.8 Å². The Hall–Kier alpha value is -2.34. The van der Waals surface area contributed by atoms with Crippen LogP contribution >= 0.6 is 0 Å². The number of hydrogen-bond acceptors (Lipinski definition) is 3. The molecule has 6 heteroatoms. The van der Waals surface area contributed by atoms with Gasteiger partial charge in [-0.15, -0.1) is 0 Å². The second-order valence-electron chi connectivity index (χ2n) is 6.80. The monoisotopic (exact) mass is 388 g/mol. The Labute approximate surface area is 162 Å². The molecule has 0 saturated heterocycles. The summed E-state index contributed by atoms with van der Waals surface area (Å²) < 4.78 is 27.8. The number of benzene rings is 2. The lowest BCUT2D eigenvalue weighted by Gasteiger charge is -2.27. The predicted octanol–water partition coefficient (Wildman–Crippen LogP) is 3.80. The van der Waals surface area contributed by atoms with Gasteiger partial charge in [0, 0.05) is 6.04 Å². The van der Waals surface area contributed by atoms with Gasteiger partial charge in [0.25, 0.3) is 10.0 Å². The molecule has 146 valence electrons. The Balaban J connectivity index is 2.43. The quantitative estimate of drug-likeness (QED) is 0.748. The number of rotatable bonds is 8. The minimum Gasteiger partial charge on any atom is -0.352 e. The molecule has 2 aromatic carbocycles. The highest BCUT2D eigenvalue weighted by Crippen LogP contribution is 2.28. The van der Waals surface area contributed by atoms with Gasteiger partial charge in [0.2, 0.25) is 5.91 Å². The van der Waals surface area contributed by atoms with Crippen LogP contribution in [0.5, 0.6) is 0 Å². The van der Waals surface area contributed by atoms with Crippen molar-refractivity contribution in [1.29, 1.82) is 0 Å². The van der Waals surface area contributed by atoms with Gasteiger partial charge in [-0.1, -0.05) is 43.7 Å². The fourth-order valence-corrected chi connectivity index (χ4v) is 4.48. The highest BCUT2D eigenvalue weighted by Gasteiger charge is 2.28. The van der Waals surface area contributed by atoms with Crippen molar-refractivity contribution in [3.8, 4) is 0 Å². The van der Waals surface area contributed by atoms with E-state index in [-0.39, 0.29) is 23.4 Å². The molecule has 0 unspecified atom stereocenters. The average Bonchev–Trinajstić information content (AvgIpc) is 2.63. The van der Waals surface area contributed by atoms with E-state index in [1.807, 2.05) is 39.8 Å². The van der Waals surface area contributed by atoms with Crippen LogP contribution in [0, 0.1) is 13.8 Å².